The van der Waals surface area contributed by atoms with Gasteiger partial charge >= 0.3 is 0 Å². The van der Waals surface area contributed by atoms with E-state index in [0.717, 1.165) is 25.2 Å². The Morgan fingerprint density at radius 3 is 2.75 bits per heavy atom. The molecule has 1 unspecified atom stereocenters. The third-order valence-corrected chi connectivity index (χ3v) is 5.03. The molecule has 2 aliphatic heterocycles. The molecule has 0 radical (unpaired) electrons. The van der Waals surface area contributed by atoms with Crippen LogP contribution in [0.1, 0.15) is 43.7 Å². The molecule has 1 aromatic carbocycles. The molecule has 2 heterocycles. The van der Waals surface area contributed by atoms with Gasteiger partial charge < -0.3 is 10.5 Å². The fourth-order valence-corrected chi connectivity index (χ4v) is 3.74. The summed E-state index contributed by atoms with van der Waals surface area (Å²) in [5.41, 5.74) is 8.98. The van der Waals surface area contributed by atoms with E-state index in [1.54, 1.807) is 0 Å². The maximum absolute atomic E-state index is 6.28. The van der Waals surface area contributed by atoms with E-state index in [4.69, 9.17) is 10.5 Å². The number of likely N-dealkylation sites (tertiary alicyclic amines) is 1. The molecule has 110 valence electrons. The fraction of sp³-hybridized carbons (Fsp3) is 0.647. The van der Waals surface area contributed by atoms with Gasteiger partial charge in [0.2, 0.25) is 0 Å². The van der Waals surface area contributed by atoms with Crippen LogP contribution < -0.4 is 10.5 Å². The average Bonchev–Trinajstić information content (AvgIpc) is 2.54. The molecule has 1 aromatic rings. The molecule has 1 atom stereocenters. The first-order valence-electron chi connectivity index (χ1n) is 8.01. The molecule has 3 nitrogen and oxygen atoms in total. The second-order valence-corrected chi connectivity index (χ2v) is 6.07. The van der Waals surface area contributed by atoms with E-state index in [1.807, 2.05) is 0 Å². The van der Waals surface area contributed by atoms with Crippen LogP contribution in [-0.4, -0.2) is 31.1 Å². The summed E-state index contributed by atoms with van der Waals surface area (Å²) >= 11 is 0. The van der Waals surface area contributed by atoms with Gasteiger partial charge in [0.15, 0.2) is 0 Å². The van der Waals surface area contributed by atoms with Crippen molar-refractivity contribution < 1.29 is 4.74 Å². The second-order valence-electron chi connectivity index (χ2n) is 6.07. The van der Waals surface area contributed by atoms with Gasteiger partial charge in [-0.3, -0.25) is 4.90 Å². The van der Waals surface area contributed by atoms with Crippen LogP contribution >= 0.6 is 0 Å². The lowest BCUT2D eigenvalue weighted by molar-refractivity contribution is 0.0331. The SMILES string of the molecule is CCc1ccc2c(c1)C(CN)(N1CCCCC1)CCO2. The van der Waals surface area contributed by atoms with Gasteiger partial charge in [0.1, 0.15) is 5.75 Å². The fourth-order valence-electron chi connectivity index (χ4n) is 3.74. The number of rotatable bonds is 3. The zero-order valence-electron chi connectivity index (χ0n) is 12.5. The molecule has 0 saturated carbocycles. The van der Waals surface area contributed by atoms with Gasteiger partial charge in [0, 0.05) is 18.5 Å². The summed E-state index contributed by atoms with van der Waals surface area (Å²) < 4.78 is 5.89. The van der Waals surface area contributed by atoms with Crippen molar-refractivity contribution in [3.05, 3.63) is 29.3 Å². The Kier molecular flexibility index (Phi) is 3.99. The number of aryl methyl sites for hydroxylation is 1. The summed E-state index contributed by atoms with van der Waals surface area (Å²) in [5, 5.41) is 0. The lowest BCUT2D eigenvalue weighted by Gasteiger charge is -2.48. The largest absolute Gasteiger partial charge is 0.493 e. The zero-order valence-corrected chi connectivity index (χ0v) is 12.5. The van der Waals surface area contributed by atoms with Crippen LogP contribution in [0.5, 0.6) is 5.75 Å². The van der Waals surface area contributed by atoms with Crippen LogP contribution in [0.3, 0.4) is 0 Å². The highest BCUT2D eigenvalue weighted by molar-refractivity contribution is 5.44. The first-order valence-corrected chi connectivity index (χ1v) is 8.01. The highest BCUT2D eigenvalue weighted by atomic mass is 16.5. The maximum atomic E-state index is 6.28. The van der Waals surface area contributed by atoms with E-state index in [2.05, 4.69) is 30.0 Å². The lowest BCUT2D eigenvalue weighted by atomic mass is 9.80. The Hall–Kier alpha value is -1.06. The Morgan fingerprint density at radius 2 is 2.05 bits per heavy atom. The number of nitrogens with zero attached hydrogens (tertiary/aromatic N) is 1. The first kappa shape index (κ1) is 13.9. The van der Waals surface area contributed by atoms with Crippen LogP contribution in [-0.2, 0) is 12.0 Å². The summed E-state index contributed by atoms with van der Waals surface area (Å²) in [7, 11) is 0. The molecule has 0 aromatic heterocycles. The normalized spacial score (nSPS) is 26.9. The predicted octanol–water partition coefficient (Wildman–Crippen LogP) is 2.67. The first-order chi connectivity index (χ1) is 9.80. The van der Waals surface area contributed by atoms with E-state index in [-0.39, 0.29) is 5.54 Å². The third-order valence-electron chi connectivity index (χ3n) is 5.03. The monoisotopic (exact) mass is 274 g/mol. The highest BCUT2D eigenvalue weighted by Crippen LogP contribution is 2.42. The van der Waals surface area contributed by atoms with Crippen molar-refractivity contribution in [2.45, 2.75) is 44.6 Å². The van der Waals surface area contributed by atoms with Crippen molar-refractivity contribution in [1.82, 2.24) is 4.90 Å². The van der Waals surface area contributed by atoms with Gasteiger partial charge in [-0.2, -0.15) is 0 Å². The molecule has 3 rings (SSSR count). The highest BCUT2D eigenvalue weighted by Gasteiger charge is 2.42. The Labute approximate surface area is 122 Å². The maximum Gasteiger partial charge on any atom is 0.124 e. The average molecular weight is 274 g/mol. The van der Waals surface area contributed by atoms with Gasteiger partial charge in [0.05, 0.1) is 12.1 Å². The van der Waals surface area contributed by atoms with Crippen molar-refractivity contribution in [1.29, 1.82) is 0 Å². The third kappa shape index (κ3) is 2.23. The van der Waals surface area contributed by atoms with Crippen molar-refractivity contribution in [2.75, 3.05) is 26.2 Å². The number of hydrogen-bond donors (Lipinski definition) is 1. The quantitative estimate of drug-likeness (QED) is 0.921. The molecular weight excluding hydrogens is 248 g/mol. The van der Waals surface area contributed by atoms with Gasteiger partial charge in [-0.25, -0.2) is 0 Å². The van der Waals surface area contributed by atoms with E-state index >= 15 is 0 Å². The Morgan fingerprint density at radius 1 is 1.25 bits per heavy atom. The summed E-state index contributed by atoms with van der Waals surface area (Å²) in [6.45, 7) is 6.03. The molecule has 1 fully saturated rings. The van der Waals surface area contributed by atoms with Crippen molar-refractivity contribution in [2.24, 2.45) is 5.73 Å². The van der Waals surface area contributed by atoms with Gasteiger partial charge in [-0.15, -0.1) is 0 Å². The molecule has 0 amide bonds. The van der Waals surface area contributed by atoms with Gasteiger partial charge in [-0.1, -0.05) is 25.5 Å². The second kappa shape index (κ2) is 5.74. The summed E-state index contributed by atoms with van der Waals surface area (Å²) in [6.07, 6.45) is 6.03. The minimum Gasteiger partial charge on any atom is -0.493 e. The van der Waals surface area contributed by atoms with E-state index in [1.165, 1.54) is 43.5 Å². The standard InChI is InChI=1S/C17H26N2O/c1-2-14-6-7-16-15(12-14)17(13-18,8-11-20-16)19-9-4-3-5-10-19/h6-7,12H,2-5,8-11,13,18H2,1H3. The lowest BCUT2D eigenvalue weighted by Crippen LogP contribution is -2.55. The molecule has 0 spiro atoms. The molecule has 3 heteroatoms. The summed E-state index contributed by atoms with van der Waals surface area (Å²) in [4.78, 5) is 2.62. The number of fused-ring (bicyclic) bond motifs is 1. The smallest absolute Gasteiger partial charge is 0.124 e. The molecule has 1 saturated heterocycles. The van der Waals surface area contributed by atoms with Crippen LogP contribution in [0, 0.1) is 0 Å². The molecular formula is C17H26N2O. The van der Waals surface area contributed by atoms with Crippen LogP contribution in [0.4, 0.5) is 0 Å². The molecule has 20 heavy (non-hydrogen) atoms. The molecule has 2 aliphatic rings. The topological polar surface area (TPSA) is 38.5 Å². The molecule has 0 aliphatic carbocycles. The number of hydrogen-bond acceptors (Lipinski definition) is 3. The van der Waals surface area contributed by atoms with Crippen molar-refractivity contribution in [3.63, 3.8) is 0 Å². The van der Waals surface area contributed by atoms with E-state index in [0.29, 0.717) is 6.54 Å². The molecule has 2 N–H and O–H groups in total. The number of piperidine rings is 1. The van der Waals surface area contributed by atoms with Crippen LogP contribution in [0.25, 0.3) is 0 Å². The van der Waals surface area contributed by atoms with E-state index in [9.17, 15) is 0 Å². The summed E-state index contributed by atoms with van der Waals surface area (Å²) in [6, 6.07) is 6.65. The molecule has 0 bridgehead atoms. The summed E-state index contributed by atoms with van der Waals surface area (Å²) in [5.74, 6) is 1.05. The number of nitrogens with two attached hydrogens (primary N) is 1. The number of benzene rings is 1. The minimum absolute atomic E-state index is 0.000810. The Balaban J connectivity index is 2.03. The predicted molar refractivity (Wildman–Crippen MR) is 82.1 cm³/mol. The van der Waals surface area contributed by atoms with E-state index < -0.39 is 0 Å². The minimum atomic E-state index is -0.000810. The van der Waals surface area contributed by atoms with Crippen LogP contribution in [0.2, 0.25) is 0 Å². The Bertz CT molecular complexity index is 468. The van der Waals surface area contributed by atoms with Crippen LogP contribution in [0.15, 0.2) is 18.2 Å². The van der Waals surface area contributed by atoms with Crippen molar-refractivity contribution in [3.8, 4) is 5.75 Å². The van der Waals surface area contributed by atoms with Gasteiger partial charge in [0.25, 0.3) is 0 Å². The number of ether oxygens (including phenoxy) is 1. The zero-order chi connectivity index (χ0) is 14.0. The van der Waals surface area contributed by atoms with Crippen molar-refractivity contribution >= 4 is 0 Å². The van der Waals surface area contributed by atoms with Gasteiger partial charge in [-0.05, 0) is 44.0 Å².